The van der Waals surface area contributed by atoms with E-state index >= 15 is 0 Å². The predicted molar refractivity (Wildman–Crippen MR) is 163 cm³/mol. The molecule has 33 heavy (non-hydrogen) atoms. The molecule has 1 saturated carbocycles. The fourth-order valence-electron chi connectivity index (χ4n) is 3.44. The highest BCUT2D eigenvalue weighted by Crippen LogP contribution is 2.38. The summed E-state index contributed by atoms with van der Waals surface area (Å²) in [6.07, 6.45) is 13.7. The average molecular weight is 473 g/mol. The highest BCUT2D eigenvalue weighted by atomic mass is 14.3. The smallest absolute Gasteiger partial charge is 0.0331 e. The van der Waals surface area contributed by atoms with Crippen molar-refractivity contribution in [3.05, 3.63) is 0 Å². The molecule has 0 amide bonds. The predicted octanol–water partition coefficient (Wildman–Crippen LogP) is 13.2. The molecule has 0 nitrogen and oxygen atoms in total. The molecule has 0 spiro atoms. The molecule has 0 aromatic rings. The van der Waals surface area contributed by atoms with Crippen LogP contribution in [0, 0.1) is 35.0 Å². The van der Waals surface area contributed by atoms with E-state index in [1.807, 2.05) is 13.8 Å². The van der Waals surface area contributed by atoms with Crippen molar-refractivity contribution in [1.82, 2.24) is 0 Å². The molecule has 0 aliphatic heterocycles. The molecule has 0 aromatic carbocycles. The second-order valence-electron chi connectivity index (χ2n) is 11.3. The van der Waals surface area contributed by atoms with Gasteiger partial charge in [0, 0.05) is 0 Å². The Morgan fingerprint density at radius 3 is 1.30 bits per heavy atom. The van der Waals surface area contributed by atoms with Crippen molar-refractivity contribution in [2.75, 3.05) is 0 Å². The van der Waals surface area contributed by atoms with Crippen molar-refractivity contribution < 1.29 is 0 Å². The van der Waals surface area contributed by atoms with E-state index < -0.39 is 0 Å². The maximum absolute atomic E-state index is 2.43. The van der Waals surface area contributed by atoms with Crippen LogP contribution < -0.4 is 0 Å². The van der Waals surface area contributed by atoms with E-state index in [0.29, 0.717) is 5.41 Å². The van der Waals surface area contributed by atoms with Crippen LogP contribution in [0.1, 0.15) is 182 Å². The van der Waals surface area contributed by atoms with Crippen LogP contribution in [0.5, 0.6) is 0 Å². The molecule has 0 N–H and O–H groups in total. The van der Waals surface area contributed by atoms with Crippen LogP contribution in [-0.2, 0) is 0 Å². The zero-order valence-electron chi connectivity index (χ0n) is 27.5. The lowest BCUT2D eigenvalue weighted by Gasteiger charge is -2.29. The maximum Gasteiger partial charge on any atom is -0.0331 e. The third-order valence-electron chi connectivity index (χ3n) is 6.89. The normalized spacial score (nSPS) is 19.6. The Hall–Kier alpha value is 0. The number of unbranched alkanes of at least 4 members (excludes halogenated alkanes) is 1. The molecule has 0 heterocycles. The van der Waals surface area contributed by atoms with E-state index in [-0.39, 0.29) is 0 Å². The molecule has 0 bridgehead atoms. The third-order valence-corrected chi connectivity index (χ3v) is 6.89. The van der Waals surface area contributed by atoms with E-state index in [1.165, 1.54) is 64.2 Å². The van der Waals surface area contributed by atoms with Gasteiger partial charge < -0.3 is 0 Å². The lowest BCUT2D eigenvalue weighted by atomic mass is 9.77. The Morgan fingerprint density at radius 2 is 1.12 bits per heavy atom. The van der Waals surface area contributed by atoms with Gasteiger partial charge in [-0.05, 0) is 47.8 Å². The molecule has 1 aliphatic rings. The van der Waals surface area contributed by atoms with E-state index in [4.69, 9.17) is 0 Å². The lowest BCUT2D eigenvalue weighted by Crippen LogP contribution is -2.19. The molecule has 0 saturated heterocycles. The second kappa shape index (κ2) is 32.0. The van der Waals surface area contributed by atoms with Crippen LogP contribution in [0.4, 0.5) is 0 Å². The molecule has 208 valence electrons. The van der Waals surface area contributed by atoms with Crippen molar-refractivity contribution in [1.29, 1.82) is 0 Å². The molecule has 1 aliphatic carbocycles. The molecular weight excluding hydrogens is 396 g/mol. The Balaban J connectivity index is -0.000000107. The van der Waals surface area contributed by atoms with E-state index in [2.05, 4.69) is 104 Å². The van der Waals surface area contributed by atoms with Gasteiger partial charge in [-0.25, -0.2) is 0 Å². The monoisotopic (exact) mass is 473 g/mol. The van der Waals surface area contributed by atoms with Gasteiger partial charge in [-0.15, -0.1) is 0 Å². The van der Waals surface area contributed by atoms with Gasteiger partial charge in [0.05, 0.1) is 0 Å². The summed E-state index contributed by atoms with van der Waals surface area (Å²) in [4.78, 5) is 0. The molecule has 0 radical (unpaired) electrons. The molecule has 4 atom stereocenters. The highest BCUT2D eigenvalue weighted by molar-refractivity contribution is 4.78. The minimum atomic E-state index is 0.550. The molecule has 0 heteroatoms. The highest BCUT2D eigenvalue weighted by Gasteiger charge is 2.27. The zero-order chi connectivity index (χ0) is 27.5. The molecule has 0 aromatic heterocycles. The number of hydrogen-bond acceptors (Lipinski definition) is 0. The molecule has 4 unspecified atom stereocenters. The first-order valence-electron chi connectivity index (χ1n) is 15.4. The second-order valence-corrected chi connectivity index (χ2v) is 11.3. The van der Waals surface area contributed by atoms with Crippen LogP contribution in [0.3, 0.4) is 0 Å². The first kappa shape index (κ1) is 43.1. The average Bonchev–Trinajstić information content (AvgIpc) is 3.11. The van der Waals surface area contributed by atoms with Crippen molar-refractivity contribution in [3.63, 3.8) is 0 Å². The van der Waals surface area contributed by atoms with Gasteiger partial charge >= 0.3 is 0 Å². The molecular formula is C33H76. The fraction of sp³-hybridized carbons (Fsp3) is 1.00. The Bertz CT molecular complexity index is 299. The van der Waals surface area contributed by atoms with Gasteiger partial charge in [0.15, 0.2) is 0 Å². The molecule has 1 rings (SSSR count). The summed E-state index contributed by atoms with van der Waals surface area (Å²) in [6.45, 7) is 37.8. The van der Waals surface area contributed by atoms with Gasteiger partial charge in [0.1, 0.15) is 0 Å². The van der Waals surface area contributed by atoms with Crippen LogP contribution in [0.25, 0.3) is 0 Å². The fourth-order valence-corrected chi connectivity index (χ4v) is 3.44. The summed E-state index contributed by atoms with van der Waals surface area (Å²) >= 11 is 0. The lowest BCUT2D eigenvalue weighted by molar-refractivity contribution is 0.215. The number of hydrogen-bond donors (Lipinski definition) is 0. The SMILES string of the molecule is CC.CCC.CCC.CCC(C)C.CCC(C)C(C)(C)CC.CCCCC1CC(C)CC1C. The van der Waals surface area contributed by atoms with E-state index in [0.717, 1.165) is 29.6 Å². The van der Waals surface area contributed by atoms with E-state index in [1.54, 1.807) is 0 Å². The minimum Gasteiger partial charge on any atom is -0.0683 e. The first-order chi connectivity index (χ1) is 15.4. The van der Waals surface area contributed by atoms with E-state index in [9.17, 15) is 0 Å². The summed E-state index contributed by atoms with van der Waals surface area (Å²) in [5, 5.41) is 0. The van der Waals surface area contributed by atoms with Gasteiger partial charge in [-0.1, -0.05) is 169 Å². The van der Waals surface area contributed by atoms with Crippen molar-refractivity contribution in [2.45, 2.75) is 182 Å². The van der Waals surface area contributed by atoms with Crippen LogP contribution in [-0.4, -0.2) is 0 Å². The number of rotatable bonds is 7. The first-order valence-corrected chi connectivity index (χ1v) is 15.4. The quantitative estimate of drug-likeness (QED) is 0.345. The van der Waals surface area contributed by atoms with Crippen LogP contribution >= 0.6 is 0 Å². The summed E-state index contributed by atoms with van der Waals surface area (Å²) in [5.74, 6) is 4.82. The zero-order valence-corrected chi connectivity index (χ0v) is 27.5. The van der Waals surface area contributed by atoms with Crippen LogP contribution in [0.15, 0.2) is 0 Å². The summed E-state index contributed by atoms with van der Waals surface area (Å²) in [6, 6.07) is 0. The van der Waals surface area contributed by atoms with Gasteiger partial charge in [-0.3, -0.25) is 0 Å². The summed E-state index contributed by atoms with van der Waals surface area (Å²) in [7, 11) is 0. The van der Waals surface area contributed by atoms with Gasteiger partial charge in [0.25, 0.3) is 0 Å². The Morgan fingerprint density at radius 1 is 0.727 bits per heavy atom. The van der Waals surface area contributed by atoms with Crippen molar-refractivity contribution in [3.8, 4) is 0 Å². The summed E-state index contributed by atoms with van der Waals surface area (Å²) in [5.41, 5.74) is 0.550. The van der Waals surface area contributed by atoms with Gasteiger partial charge in [-0.2, -0.15) is 0 Å². The largest absolute Gasteiger partial charge is 0.0683 e. The standard InChI is InChI=1S/C11H22.C9H20.C5H12.2C3H8.C2H6/c1-4-5-6-11-8-9(2)7-10(11)3;1-6-8(3)9(4,5)7-2;1-4-5(2)3;2*1-3-2;1-2/h9-11H,4-8H2,1-3H3;8H,6-7H2,1-5H3;5H,4H2,1-3H3;2*3H2,1-2H3;1-2H3. The Kier molecular flexibility index (Phi) is 41.8. The minimum absolute atomic E-state index is 0.550. The van der Waals surface area contributed by atoms with Crippen molar-refractivity contribution >= 4 is 0 Å². The Labute approximate surface area is 216 Å². The third kappa shape index (κ3) is 34.2. The van der Waals surface area contributed by atoms with Crippen LogP contribution in [0.2, 0.25) is 0 Å². The van der Waals surface area contributed by atoms with Gasteiger partial charge in [0.2, 0.25) is 0 Å². The molecule has 1 fully saturated rings. The maximum atomic E-state index is 2.43. The van der Waals surface area contributed by atoms with Crippen molar-refractivity contribution in [2.24, 2.45) is 35.0 Å². The summed E-state index contributed by atoms with van der Waals surface area (Å²) < 4.78 is 0. The topological polar surface area (TPSA) is 0 Å².